The first-order chi connectivity index (χ1) is 7.02. The van der Waals surface area contributed by atoms with Crippen LogP contribution in [-0.2, 0) is 9.59 Å². The minimum absolute atomic E-state index is 0.364. The zero-order chi connectivity index (χ0) is 11.4. The molecule has 0 saturated carbocycles. The van der Waals surface area contributed by atoms with Crippen LogP contribution in [0.5, 0.6) is 0 Å². The fraction of sp³-hybridized carbons (Fsp3) is 0.333. The third-order valence-corrected chi connectivity index (χ3v) is 2.44. The molecule has 15 heavy (non-hydrogen) atoms. The van der Waals surface area contributed by atoms with E-state index in [1.807, 2.05) is 0 Å². The molecule has 1 heterocycles. The third kappa shape index (κ3) is 3.03. The van der Waals surface area contributed by atoms with E-state index in [9.17, 15) is 9.59 Å². The number of hydrogen-bond acceptors (Lipinski definition) is 4. The molecule has 1 amide bonds. The molecule has 0 unspecified atom stereocenters. The minimum atomic E-state index is -1.06. The highest BCUT2D eigenvalue weighted by Gasteiger charge is 2.21. The van der Waals surface area contributed by atoms with Crippen molar-refractivity contribution in [2.75, 3.05) is 11.4 Å². The van der Waals surface area contributed by atoms with Crippen molar-refractivity contribution in [1.82, 2.24) is 0 Å². The van der Waals surface area contributed by atoms with Crippen molar-refractivity contribution in [3.8, 4) is 0 Å². The summed E-state index contributed by atoms with van der Waals surface area (Å²) in [7, 11) is 0. The summed E-state index contributed by atoms with van der Waals surface area (Å²) in [5.41, 5.74) is 6.01. The molecule has 1 rings (SSSR count). The van der Waals surface area contributed by atoms with E-state index in [4.69, 9.17) is 10.8 Å². The lowest BCUT2D eigenvalue weighted by molar-refractivity contribution is -0.136. The number of amides is 1. The van der Waals surface area contributed by atoms with E-state index in [1.54, 1.807) is 16.8 Å². The van der Waals surface area contributed by atoms with Crippen molar-refractivity contribution in [2.24, 2.45) is 5.73 Å². The highest BCUT2D eigenvalue weighted by atomic mass is 32.1. The molecule has 82 valence electrons. The van der Waals surface area contributed by atoms with Gasteiger partial charge in [-0.25, -0.2) is 0 Å². The second-order valence-electron chi connectivity index (χ2n) is 3.09. The van der Waals surface area contributed by atoms with Crippen LogP contribution in [0.2, 0.25) is 0 Å². The molecule has 0 fully saturated rings. The van der Waals surface area contributed by atoms with Crippen molar-refractivity contribution in [3.05, 3.63) is 16.8 Å². The highest BCUT2D eigenvalue weighted by molar-refractivity contribution is 7.08. The average molecular weight is 228 g/mol. The number of hydrogen-bond donors (Lipinski definition) is 2. The SMILES string of the molecule is C[C@H](N)C(=O)N(CC(=O)O)c1ccsc1. The summed E-state index contributed by atoms with van der Waals surface area (Å²) in [6.45, 7) is 1.17. The molecule has 0 saturated heterocycles. The molecule has 1 atom stereocenters. The predicted octanol–water partition coefficient (Wildman–Crippen LogP) is 0.513. The molecule has 1 aromatic heterocycles. The first kappa shape index (κ1) is 11.7. The van der Waals surface area contributed by atoms with Crippen LogP contribution in [0.25, 0.3) is 0 Å². The molecule has 6 heteroatoms. The molecule has 0 radical (unpaired) electrons. The van der Waals surface area contributed by atoms with Gasteiger partial charge in [0.15, 0.2) is 0 Å². The van der Waals surface area contributed by atoms with Crippen LogP contribution in [0, 0.1) is 0 Å². The van der Waals surface area contributed by atoms with Gasteiger partial charge in [-0.15, -0.1) is 0 Å². The monoisotopic (exact) mass is 228 g/mol. The van der Waals surface area contributed by atoms with Crippen molar-refractivity contribution in [1.29, 1.82) is 0 Å². The van der Waals surface area contributed by atoms with Crippen LogP contribution >= 0.6 is 11.3 Å². The van der Waals surface area contributed by atoms with Gasteiger partial charge in [-0.2, -0.15) is 11.3 Å². The summed E-state index contributed by atoms with van der Waals surface area (Å²) >= 11 is 1.40. The summed E-state index contributed by atoms with van der Waals surface area (Å²) < 4.78 is 0. The van der Waals surface area contributed by atoms with Gasteiger partial charge in [-0.3, -0.25) is 14.5 Å². The molecule has 1 aromatic rings. The topological polar surface area (TPSA) is 83.6 Å². The summed E-state index contributed by atoms with van der Waals surface area (Å²) in [6.07, 6.45) is 0. The number of nitrogens with two attached hydrogens (primary N) is 1. The Morgan fingerprint density at radius 3 is 2.73 bits per heavy atom. The van der Waals surface area contributed by atoms with Gasteiger partial charge >= 0.3 is 5.97 Å². The van der Waals surface area contributed by atoms with Gasteiger partial charge in [0.25, 0.3) is 0 Å². The fourth-order valence-electron chi connectivity index (χ4n) is 1.09. The molecule has 3 N–H and O–H groups in total. The Morgan fingerprint density at radius 1 is 1.67 bits per heavy atom. The minimum Gasteiger partial charge on any atom is -0.480 e. The summed E-state index contributed by atoms with van der Waals surface area (Å²) in [6, 6.07) is 0.984. The van der Waals surface area contributed by atoms with Crippen LogP contribution in [0.1, 0.15) is 6.92 Å². The smallest absolute Gasteiger partial charge is 0.323 e. The summed E-state index contributed by atoms with van der Waals surface area (Å²) in [5.74, 6) is -1.45. The van der Waals surface area contributed by atoms with Gasteiger partial charge in [0.1, 0.15) is 6.54 Å². The van der Waals surface area contributed by atoms with Gasteiger partial charge in [0.2, 0.25) is 5.91 Å². The van der Waals surface area contributed by atoms with E-state index in [-0.39, 0.29) is 6.54 Å². The maximum absolute atomic E-state index is 11.6. The van der Waals surface area contributed by atoms with Crippen molar-refractivity contribution in [3.63, 3.8) is 0 Å². The van der Waals surface area contributed by atoms with Crippen LogP contribution in [0.3, 0.4) is 0 Å². The Balaban J connectivity index is 2.88. The van der Waals surface area contributed by atoms with Crippen LogP contribution in [-0.4, -0.2) is 29.6 Å². The largest absolute Gasteiger partial charge is 0.480 e. The molecule has 5 nitrogen and oxygen atoms in total. The van der Waals surface area contributed by atoms with E-state index in [1.165, 1.54) is 23.2 Å². The Bertz CT molecular complexity index is 348. The van der Waals surface area contributed by atoms with Gasteiger partial charge in [0, 0.05) is 5.38 Å². The normalized spacial score (nSPS) is 12.1. The Labute approximate surface area is 91.1 Å². The maximum atomic E-state index is 11.6. The van der Waals surface area contributed by atoms with Gasteiger partial charge in [-0.05, 0) is 18.4 Å². The molecule has 0 aliphatic heterocycles. The lowest BCUT2D eigenvalue weighted by Gasteiger charge is -2.21. The van der Waals surface area contributed by atoms with Gasteiger partial charge in [-0.1, -0.05) is 0 Å². The van der Waals surface area contributed by atoms with Crippen LogP contribution in [0.4, 0.5) is 5.69 Å². The number of carboxylic acids is 1. The second kappa shape index (κ2) is 4.90. The van der Waals surface area contributed by atoms with E-state index in [2.05, 4.69) is 0 Å². The Hall–Kier alpha value is -1.40. The first-order valence-electron chi connectivity index (χ1n) is 4.33. The van der Waals surface area contributed by atoms with E-state index < -0.39 is 17.9 Å². The molecular weight excluding hydrogens is 216 g/mol. The van der Waals surface area contributed by atoms with Gasteiger partial charge in [0.05, 0.1) is 11.7 Å². The van der Waals surface area contributed by atoms with E-state index in [0.717, 1.165) is 0 Å². The molecular formula is C9H12N2O3S. The number of nitrogens with zero attached hydrogens (tertiary/aromatic N) is 1. The lowest BCUT2D eigenvalue weighted by Crippen LogP contribution is -2.44. The first-order valence-corrected chi connectivity index (χ1v) is 5.27. The number of thiophene rings is 1. The third-order valence-electron chi connectivity index (χ3n) is 1.77. The van der Waals surface area contributed by atoms with Crippen molar-refractivity contribution in [2.45, 2.75) is 13.0 Å². The molecule has 0 aliphatic rings. The van der Waals surface area contributed by atoms with Crippen molar-refractivity contribution >= 4 is 28.9 Å². The lowest BCUT2D eigenvalue weighted by atomic mass is 10.3. The molecule has 0 bridgehead atoms. The number of anilines is 1. The molecule has 0 aromatic carbocycles. The van der Waals surface area contributed by atoms with Gasteiger partial charge < -0.3 is 10.8 Å². The highest BCUT2D eigenvalue weighted by Crippen LogP contribution is 2.18. The number of aliphatic carboxylic acids is 1. The zero-order valence-corrected chi connectivity index (χ0v) is 9.03. The summed E-state index contributed by atoms with van der Waals surface area (Å²) in [5, 5.41) is 12.2. The van der Waals surface area contributed by atoms with Crippen LogP contribution in [0.15, 0.2) is 16.8 Å². The van der Waals surface area contributed by atoms with E-state index in [0.29, 0.717) is 5.69 Å². The number of carboxylic acid groups (broad SMARTS) is 1. The number of carbonyl (C=O) groups is 2. The average Bonchev–Trinajstić information content (AvgIpc) is 2.65. The van der Waals surface area contributed by atoms with Crippen molar-refractivity contribution < 1.29 is 14.7 Å². The fourth-order valence-corrected chi connectivity index (χ4v) is 1.73. The van der Waals surface area contributed by atoms with Crippen LogP contribution < -0.4 is 10.6 Å². The predicted molar refractivity (Wildman–Crippen MR) is 58.0 cm³/mol. The Morgan fingerprint density at radius 2 is 2.33 bits per heavy atom. The molecule has 0 aliphatic carbocycles. The number of carbonyl (C=O) groups excluding carboxylic acids is 1. The van der Waals surface area contributed by atoms with E-state index >= 15 is 0 Å². The standard InChI is InChI=1S/C9H12N2O3S/c1-6(10)9(14)11(4-8(12)13)7-2-3-15-5-7/h2-3,5-6H,4,10H2,1H3,(H,12,13)/t6-/m0/s1. The number of rotatable bonds is 4. The zero-order valence-electron chi connectivity index (χ0n) is 8.21. The quantitative estimate of drug-likeness (QED) is 0.786. The Kier molecular flexibility index (Phi) is 3.81. The second-order valence-corrected chi connectivity index (χ2v) is 3.87. The molecule has 0 spiro atoms. The summed E-state index contributed by atoms with van der Waals surface area (Å²) in [4.78, 5) is 23.4. The maximum Gasteiger partial charge on any atom is 0.323 e.